The molecule has 1 rings (SSSR count). The minimum Gasteiger partial charge on any atom is -0.326 e. The summed E-state index contributed by atoms with van der Waals surface area (Å²) in [6.45, 7) is 1.61. The van der Waals surface area contributed by atoms with E-state index in [1.165, 1.54) is 6.07 Å². The predicted molar refractivity (Wildman–Crippen MR) is 61.6 cm³/mol. The Morgan fingerprint density at radius 2 is 2.29 bits per heavy atom. The molecule has 0 saturated heterocycles. The summed E-state index contributed by atoms with van der Waals surface area (Å²) < 4.78 is 13.0. The Bertz CT molecular complexity index is 453. The summed E-state index contributed by atoms with van der Waals surface area (Å²) in [5, 5.41) is 12.9. The van der Waals surface area contributed by atoms with Crippen LogP contribution in [0.5, 0.6) is 0 Å². The van der Waals surface area contributed by atoms with Gasteiger partial charge in [0.05, 0.1) is 4.92 Å². The molecule has 17 heavy (non-hydrogen) atoms. The van der Waals surface area contributed by atoms with Crippen molar-refractivity contribution in [2.45, 2.75) is 6.92 Å². The van der Waals surface area contributed by atoms with Crippen molar-refractivity contribution in [3.05, 3.63) is 34.1 Å². The van der Waals surface area contributed by atoms with E-state index in [0.29, 0.717) is 0 Å². The highest BCUT2D eigenvalue weighted by molar-refractivity contribution is 6.19. The Morgan fingerprint density at radius 1 is 1.65 bits per heavy atom. The minimum absolute atomic E-state index is 0.134. The lowest BCUT2D eigenvalue weighted by atomic mass is 10.2. The van der Waals surface area contributed by atoms with E-state index in [2.05, 4.69) is 5.32 Å². The molecule has 1 aromatic rings. The van der Waals surface area contributed by atoms with Crippen molar-refractivity contribution in [3.63, 3.8) is 0 Å². The van der Waals surface area contributed by atoms with Crippen LogP contribution in [-0.2, 0) is 4.79 Å². The maximum Gasteiger partial charge on any atom is 0.306 e. The lowest BCUT2D eigenvalue weighted by Gasteiger charge is -2.08. The van der Waals surface area contributed by atoms with Gasteiger partial charge in [0.25, 0.3) is 0 Å². The summed E-state index contributed by atoms with van der Waals surface area (Å²) in [4.78, 5) is 21.1. The molecule has 1 aromatic carbocycles. The number of nitrogens with zero attached hydrogens (tertiary/aromatic N) is 1. The molecule has 7 heteroatoms. The Labute approximate surface area is 102 Å². The van der Waals surface area contributed by atoms with Gasteiger partial charge in [-0.05, 0) is 12.1 Å². The molecule has 1 unspecified atom stereocenters. The molecule has 0 bridgehead atoms. The monoisotopic (exact) mass is 260 g/mol. The van der Waals surface area contributed by atoms with E-state index in [1.54, 1.807) is 6.92 Å². The standard InChI is InChI=1S/C10H10ClFN2O3/c1-6(5-11)10(15)13-7-2-3-8(12)9(4-7)14(16)17/h2-4,6H,5H2,1H3,(H,13,15). The second-order valence-electron chi connectivity index (χ2n) is 3.47. The van der Waals surface area contributed by atoms with E-state index < -0.39 is 22.3 Å². The van der Waals surface area contributed by atoms with Crippen molar-refractivity contribution in [1.29, 1.82) is 0 Å². The third-order valence-corrected chi connectivity index (χ3v) is 2.55. The fourth-order valence-electron chi connectivity index (χ4n) is 1.07. The van der Waals surface area contributed by atoms with Gasteiger partial charge < -0.3 is 5.32 Å². The molecule has 0 aromatic heterocycles. The average Bonchev–Trinajstić information content (AvgIpc) is 2.30. The molecule has 92 valence electrons. The molecular formula is C10H10ClFN2O3. The van der Waals surface area contributed by atoms with Gasteiger partial charge in [-0.3, -0.25) is 14.9 Å². The molecule has 5 nitrogen and oxygen atoms in total. The van der Waals surface area contributed by atoms with Gasteiger partial charge in [0, 0.05) is 23.6 Å². The number of nitrogens with one attached hydrogen (secondary N) is 1. The highest BCUT2D eigenvalue weighted by Crippen LogP contribution is 2.22. The Balaban J connectivity index is 2.90. The number of anilines is 1. The molecule has 0 aliphatic carbocycles. The Morgan fingerprint density at radius 3 is 2.82 bits per heavy atom. The number of carbonyl (C=O) groups is 1. The quantitative estimate of drug-likeness (QED) is 0.514. The maximum atomic E-state index is 13.0. The van der Waals surface area contributed by atoms with Gasteiger partial charge in [0.1, 0.15) is 0 Å². The molecular weight excluding hydrogens is 251 g/mol. The maximum absolute atomic E-state index is 13.0. The number of nitro groups is 1. The summed E-state index contributed by atoms with van der Waals surface area (Å²) in [5.74, 6) is -1.62. The van der Waals surface area contributed by atoms with Gasteiger partial charge in [-0.2, -0.15) is 4.39 Å². The fraction of sp³-hybridized carbons (Fsp3) is 0.300. The predicted octanol–water partition coefficient (Wildman–Crippen LogP) is 2.55. The SMILES string of the molecule is CC(CCl)C(=O)Nc1ccc(F)c([N+](=O)[O-])c1. The van der Waals surface area contributed by atoms with Crippen molar-refractivity contribution >= 4 is 28.9 Å². The van der Waals surface area contributed by atoms with Crippen LogP contribution in [0.2, 0.25) is 0 Å². The zero-order valence-corrected chi connectivity index (χ0v) is 9.70. The summed E-state index contributed by atoms with van der Waals surface area (Å²) in [6.07, 6.45) is 0. The van der Waals surface area contributed by atoms with E-state index >= 15 is 0 Å². The van der Waals surface area contributed by atoms with Crippen LogP contribution in [0.25, 0.3) is 0 Å². The fourth-order valence-corrected chi connectivity index (χ4v) is 1.21. The van der Waals surface area contributed by atoms with Gasteiger partial charge in [-0.25, -0.2) is 0 Å². The zero-order valence-electron chi connectivity index (χ0n) is 8.94. The number of amides is 1. The van der Waals surface area contributed by atoms with E-state index in [0.717, 1.165) is 12.1 Å². The van der Waals surface area contributed by atoms with Gasteiger partial charge in [-0.15, -0.1) is 11.6 Å². The highest BCUT2D eigenvalue weighted by atomic mass is 35.5. The number of benzene rings is 1. The van der Waals surface area contributed by atoms with Crippen molar-refractivity contribution in [1.82, 2.24) is 0 Å². The molecule has 0 fully saturated rings. The number of hydrogen-bond donors (Lipinski definition) is 1. The Kier molecular flexibility index (Phi) is 4.39. The lowest BCUT2D eigenvalue weighted by Crippen LogP contribution is -2.21. The molecule has 1 amide bonds. The Hall–Kier alpha value is -1.69. The highest BCUT2D eigenvalue weighted by Gasteiger charge is 2.17. The van der Waals surface area contributed by atoms with Crippen molar-refractivity contribution in [2.75, 3.05) is 11.2 Å². The zero-order chi connectivity index (χ0) is 13.0. The summed E-state index contributed by atoms with van der Waals surface area (Å²) in [5.41, 5.74) is -0.513. The van der Waals surface area contributed by atoms with E-state index in [4.69, 9.17) is 11.6 Å². The summed E-state index contributed by atoms with van der Waals surface area (Å²) in [6, 6.07) is 3.15. The van der Waals surface area contributed by atoms with Crippen LogP contribution in [0.3, 0.4) is 0 Å². The van der Waals surface area contributed by atoms with E-state index in [-0.39, 0.29) is 17.5 Å². The van der Waals surface area contributed by atoms with Crippen molar-refractivity contribution in [2.24, 2.45) is 5.92 Å². The van der Waals surface area contributed by atoms with Gasteiger partial charge in [0.15, 0.2) is 0 Å². The van der Waals surface area contributed by atoms with Gasteiger partial charge >= 0.3 is 5.69 Å². The largest absolute Gasteiger partial charge is 0.326 e. The van der Waals surface area contributed by atoms with Gasteiger partial charge in [-0.1, -0.05) is 6.92 Å². The first-order valence-electron chi connectivity index (χ1n) is 4.76. The summed E-state index contributed by atoms with van der Waals surface area (Å²) in [7, 11) is 0. The molecule has 1 N–H and O–H groups in total. The van der Waals surface area contributed by atoms with Crippen molar-refractivity contribution in [3.8, 4) is 0 Å². The topological polar surface area (TPSA) is 72.2 Å². The van der Waals surface area contributed by atoms with Crippen LogP contribution in [0.4, 0.5) is 15.8 Å². The lowest BCUT2D eigenvalue weighted by molar-refractivity contribution is -0.387. The van der Waals surface area contributed by atoms with E-state index in [9.17, 15) is 19.3 Å². The van der Waals surface area contributed by atoms with Crippen LogP contribution in [0.1, 0.15) is 6.92 Å². The van der Waals surface area contributed by atoms with Crippen LogP contribution < -0.4 is 5.32 Å². The number of rotatable bonds is 4. The first-order valence-corrected chi connectivity index (χ1v) is 5.30. The summed E-state index contributed by atoms with van der Waals surface area (Å²) >= 11 is 5.49. The molecule has 0 saturated carbocycles. The molecule has 0 spiro atoms. The second kappa shape index (κ2) is 5.58. The smallest absolute Gasteiger partial charge is 0.306 e. The van der Waals surface area contributed by atoms with Crippen LogP contribution in [-0.4, -0.2) is 16.7 Å². The first-order chi connectivity index (χ1) is 7.95. The third-order valence-electron chi connectivity index (χ3n) is 2.09. The number of nitro benzene ring substituents is 1. The molecule has 0 aliphatic heterocycles. The average molecular weight is 261 g/mol. The first kappa shape index (κ1) is 13.4. The normalized spacial score (nSPS) is 11.9. The second-order valence-corrected chi connectivity index (χ2v) is 3.78. The molecule has 0 aliphatic rings. The van der Waals surface area contributed by atoms with Crippen LogP contribution in [0, 0.1) is 21.8 Å². The third kappa shape index (κ3) is 3.39. The number of alkyl halides is 1. The molecule has 0 radical (unpaired) electrons. The molecule has 1 atom stereocenters. The number of carbonyl (C=O) groups excluding carboxylic acids is 1. The van der Waals surface area contributed by atoms with E-state index in [1.807, 2.05) is 0 Å². The van der Waals surface area contributed by atoms with Crippen molar-refractivity contribution < 1.29 is 14.1 Å². The van der Waals surface area contributed by atoms with Crippen LogP contribution >= 0.6 is 11.6 Å². The van der Waals surface area contributed by atoms with Crippen LogP contribution in [0.15, 0.2) is 18.2 Å². The van der Waals surface area contributed by atoms with Gasteiger partial charge in [0.2, 0.25) is 11.7 Å². The minimum atomic E-state index is -0.946. The number of halogens is 2. The number of hydrogen-bond acceptors (Lipinski definition) is 3. The molecule has 0 heterocycles.